The van der Waals surface area contributed by atoms with Crippen LogP contribution in [0.3, 0.4) is 0 Å². The van der Waals surface area contributed by atoms with Gasteiger partial charge < -0.3 is 10.6 Å². The molecule has 1 aromatic heterocycles. The zero-order valence-electron chi connectivity index (χ0n) is 18.3. The van der Waals surface area contributed by atoms with Crippen LogP contribution in [0.15, 0.2) is 66.7 Å². The van der Waals surface area contributed by atoms with Gasteiger partial charge in [0.15, 0.2) is 0 Å². The number of hydrogen-bond donors (Lipinski definition) is 3. The van der Waals surface area contributed by atoms with E-state index in [9.17, 15) is 14.4 Å². The van der Waals surface area contributed by atoms with E-state index in [1.54, 1.807) is 48.5 Å². The molecule has 4 aromatic rings. The Morgan fingerprint density at radius 2 is 1.44 bits per heavy atom. The van der Waals surface area contributed by atoms with Gasteiger partial charge in [-0.05, 0) is 67.4 Å². The number of halogens is 2. The summed E-state index contributed by atoms with van der Waals surface area (Å²) >= 11 is 12.1. The number of nitrogens with one attached hydrogen (secondary N) is 3. The second kappa shape index (κ2) is 9.59. The summed E-state index contributed by atoms with van der Waals surface area (Å²) in [4.78, 5) is 38.5. The Labute approximate surface area is 205 Å². The molecule has 172 valence electrons. The molecule has 1 heterocycles. The molecule has 0 saturated heterocycles. The molecular weight excluding hydrogens is 475 g/mol. The summed E-state index contributed by atoms with van der Waals surface area (Å²) in [5.74, 6) is -2.31. The van der Waals surface area contributed by atoms with Crippen LogP contribution in [-0.2, 0) is 9.59 Å². The molecule has 0 aliphatic heterocycles. The summed E-state index contributed by atoms with van der Waals surface area (Å²) in [7, 11) is 0. The molecule has 0 aliphatic rings. The number of benzene rings is 3. The highest BCUT2D eigenvalue weighted by Crippen LogP contribution is 2.24. The molecule has 0 unspecified atom stereocenters. The third-order valence-electron chi connectivity index (χ3n) is 5.22. The van der Waals surface area contributed by atoms with E-state index in [2.05, 4.69) is 16.1 Å². The minimum absolute atomic E-state index is 0.102. The molecule has 9 heteroatoms. The molecule has 0 aliphatic carbocycles. The van der Waals surface area contributed by atoms with Gasteiger partial charge in [-0.1, -0.05) is 47.5 Å². The number of amides is 3. The highest BCUT2D eigenvalue weighted by Gasteiger charge is 2.22. The van der Waals surface area contributed by atoms with Crippen molar-refractivity contribution in [3.8, 4) is 0 Å². The number of para-hydroxylation sites is 1. The Balaban J connectivity index is 1.65. The third kappa shape index (κ3) is 4.90. The van der Waals surface area contributed by atoms with E-state index in [0.29, 0.717) is 32.3 Å². The Kier molecular flexibility index (Phi) is 6.58. The molecule has 0 fully saturated rings. The molecule has 3 aromatic carbocycles. The van der Waals surface area contributed by atoms with Crippen LogP contribution < -0.4 is 16.1 Å². The number of aromatic nitrogens is 1. The van der Waals surface area contributed by atoms with Gasteiger partial charge in [-0.2, -0.15) is 0 Å². The number of rotatable bonds is 4. The van der Waals surface area contributed by atoms with Crippen molar-refractivity contribution in [1.82, 2.24) is 4.68 Å². The molecule has 34 heavy (non-hydrogen) atoms. The monoisotopic (exact) mass is 494 g/mol. The van der Waals surface area contributed by atoms with Crippen LogP contribution in [0.4, 0.5) is 11.4 Å². The van der Waals surface area contributed by atoms with Crippen LogP contribution in [0.2, 0.25) is 10.0 Å². The van der Waals surface area contributed by atoms with Gasteiger partial charge in [0.2, 0.25) is 0 Å². The van der Waals surface area contributed by atoms with Crippen molar-refractivity contribution in [2.24, 2.45) is 0 Å². The smallest absolute Gasteiger partial charge is 0.321 e. The highest BCUT2D eigenvalue weighted by atomic mass is 35.5. The summed E-state index contributed by atoms with van der Waals surface area (Å²) < 4.78 is 1.26. The Bertz CT molecular complexity index is 1430. The first-order valence-electron chi connectivity index (χ1n) is 10.3. The predicted octanol–water partition coefficient (Wildman–Crippen LogP) is 5.53. The summed E-state index contributed by atoms with van der Waals surface area (Å²) in [6.45, 7) is 3.67. The number of aryl methyl sites for hydroxylation is 2. The number of carbonyl (C=O) groups excluding carboxylic acids is 3. The van der Waals surface area contributed by atoms with E-state index in [4.69, 9.17) is 23.2 Å². The number of fused-ring (bicyclic) bond motifs is 1. The van der Waals surface area contributed by atoms with Gasteiger partial charge >= 0.3 is 11.8 Å². The fourth-order valence-electron chi connectivity index (χ4n) is 3.57. The van der Waals surface area contributed by atoms with Gasteiger partial charge in [-0.15, -0.1) is 0 Å². The van der Waals surface area contributed by atoms with Crippen molar-refractivity contribution in [2.45, 2.75) is 13.8 Å². The molecule has 0 bridgehead atoms. The van der Waals surface area contributed by atoms with Crippen molar-refractivity contribution in [2.75, 3.05) is 16.1 Å². The van der Waals surface area contributed by atoms with Gasteiger partial charge in [-0.3, -0.25) is 19.8 Å². The molecule has 0 atom stereocenters. The second-order valence-corrected chi connectivity index (χ2v) is 8.57. The molecule has 3 amide bonds. The van der Waals surface area contributed by atoms with Crippen molar-refractivity contribution in [1.29, 1.82) is 0 Å². The fourth-order valence-corrected chi connectivity index (χ4v) is 3.94. The van der Waals surface area contributed by atoms with Crippen molar-refractivity contribution in [3.05, 3.63) is 93.6 Å². The average molecular weight is 495 g/mol. The molecule has 7 nitrogen and oxygen atoms in total. The molecule has 0 saturated carbocycles. The minimum atomic E-state index is -0.938. The maximum absolute atomic E-state index is 13.1. The van der Waals surface area contributed by atoms with Gasteiger partial charge in [0.1, 0.15) is 5.69 Å². The van der Waals surface area contributed by atoms with Crippen molar-refractivity contribution >= 4 is 63.2 Å². The first kappa shape index (κ1) is 23.4. The molecular formula is C25H20Cl2N4O3. The van der Waals surface area contributed by atoms with Crippen molar-refractivity contribution < 1.29 is 14.4 Å². The second-order valence-electron chi connectivity index (χ2n) is 7.69. The lowest BCUT2D eigenvalue weighted by atomic mass is 10.1. The Morgan fingerprint density at radius 3 is 2.15 bits per heavy atom. The fraction of sp³-hybridized carbons (Fsp3) is 0.0800. The van der Waals surface area contributed by atoms with Gasteiger partial charge in [0.25, 0.3) is 5.91 Å². The predicted molar refractivity (Wildman–Crippen MR) is 135 cm³/mol. The van der Waals surface area contributed by atoms with E-state index < -0.39 is 17.7 Å². The van der Waals surface area contributed by atoms with E-state index >= 15 is 0 Å². The number of hydrogen-bond acceptors (Lipinski definition) is 3. The maximum Gasteiger partial charge on any atom is 0.328 e. The zero-order valence-corrected chi connectivity index (χ0v) is 19.8. The number of anilines is 2. The van der Waals surface area contributed by atoms with Gasteiger partial charge in [-0.25, -0.2) is 4.68 Å². The van der Waals surface area contributed by atoms with Crippen LogP contribution in [0.25, 0.3) is 10.9 Å². The molecule has 0 radical (unpaired) electrons. The summed E-state index contributed by atoms with van der Waals surface area (Å²) in [6, 6.07) is 18.7. The van der Waals surface area contributed by atoms with Crippen LogP contribution in [0.1, 0.15) is 21.6 Å². The number of nitrogens with zero attached hydrogens (tertiary/aromatic N) is 1. The van der Waals surface area contributed by atoms with E-state index in [0.717, 1.165) is 11.1 Å². The molecule has 3 N–H and O–H groups in total. The molecule has 4 rings (SSSR count). The third-order valence-corrected chi connectivity index (χ3v) is 5.69. The lowest BCUT2D eigenvalue weighted by molar-refractivity contribution is -0.133. The first-order valence-corrected chi connectivity index (χ1v) is 11.0. The van der Waals surface area contributed by atoms with E-state index in [1.165, 1.54) is 4.68 Å². The van der Waals surface area contributed by atoms with Crippen molar-refractivity contribution in [3.63, 3.8) is 0 Å². The largest absolute Gasteiger partial charge is 0.328 e. The van der Waals surface area contributed by atoms with Gasteiger partial charge in [0, 0.05) is 26.8 Å². The molecule has 0 spiro atoms. The van der Waals surface area contributed by atoms with Crippen LogP contribution in [0.5, 0.6) is 0 Å². The summed E-state index contributed by atoms with van der Waals surface area (Å²) in [5, 5.41) is 6.92. The number of carbonyl (C=O) groups is 3. The van der Waals surface area contributed by atoms with Crippen LogP contribution >= 0.6 is 23.2 Å². The van der Waals surface area contributed by atoms with E-state index in [-0.39, 0.29) is 5.69 Å². The average Bonchev–Trinajstić information content (AvgIpc) is 3.13. The van der Waals surface area contributed by atoms with Crippen LogP contribution in [0, 0.1) is 13.8 Å². The normalized spacial score (nSPS) is 10.7. The summed E-state index contributed by atoms with van der Waals surface area (Å²) in [5.41, 5.74) is 5.81. The Hall–Kier alpha value is -3.81. The highest BCUT2D eigenvalue weighted by molar-refractivity contribution is 6.42. The lowest BCUT2D eigenvalue weighted by Gasteiger charge is -2.14. The summed E-state index contributed by atoms with van der Waals surface area (Å²) in [6.07, 6.45) is 0. The minimum Gasteiger partial charge on any atom is -0.321 e. The Morgan fingerprint density at radius 1 is 0.765 bits per heavy atom. The zero-order chi connectivity index (χ0) is 24.4. The van der Waals surface area contributed by atoms with E-state index in [1.807, 2.05) is 32.0 Å². The van der Waals surface area contributed by atoms with Crippen LogP contribution in [-0.4, -0.2) is 22.4 Å². The standard InChI is InChI=1S/C25H20Cl2N4O3/c1-14-5-3-6-15(2)22(14)29-24(33)25(34)30-31-20-10-9-18(27)11-16(20)12-21(31)23(32)28-19-8-4-7-17(26)13-19/h3-13H,1-2H3,(H,28,32)(H,29,33)(H,30,34). The van der Waals surface area contributed by atoms with Gasteiger partial charge in [0.05, 0.1) is 5.52 Å². The quantitative estimate of drug-likeness (QED) is 0.326. The SMILES string of the molecule is Cc1cccc(C)c1NC(=O)C(=O)Nn1c(C(=O)Nc2cccc(Cl)c2)cc2cc(Cl)ccc21. The topological polar surface area (TPSA) is 92.2 Å². The maximum atomic E-state index is 13.1. The lowest BCUT2D eigenvalue weighted by Crippen LogP contribution is -2.36. The first-order chi connectivity index (χ1) is 16.2.